The molecule has 2 aromatic carbocycles. The van der Waals surface area contributed by atoms with Gasteiger partial charge in [0.15, 0.2) is 0 Å². The summed E-state index contributed by atoms with van der Waals surface area (Å²) >= 11 is 0. The zero-order valence-corrected chi connectivity index (χ0v) is 18.9. The van der Waals surface area contributed by atoms with Gasteiger partial charge in [-0.1, -0.05) is 12.1 Å². The Bertz CT molecular complexity index is 1530. The van der Waals surface area contributed by atoms with Gasteiger partial charge in [-0.15, -0.1) is 0 Å². The van der Waals surface area contributed by atoms with Gasteiger partial charge in [0.1, 0.15) is 12.4 Å². The van der Waals surface area contributed by atoms with Crippen LogP contribution in [0.4, 0.5) is 32.8 Å². The fourth-order valence-electron chi connectivity index (χ4n) is 3.87. The molecule has 2 heterocycles. The van der Waals surface area contributed by atoms with Gasteiger partial charge in [-0.3, -0.25) is 18.8 Å². The highest BCUT2D eigenvalue weighted by atomic mass is 19.4. The summed E-state index contributed by atoms with van der Waals surface area (Å²) in [4.78, 5) is 50.1. The number of ether oxygens (including phenoxy) is 2. The van der Waals surface area contributed by atoms with E-state index in [4.69, 9.17) is 9.84 Å². The van der Waals surface area contributed by atoms with Crippen molar-refractivity contribution in [2.24, 2.45) is 0 Å². The number of anilines is 1. The van der Waals surface area contributed by atoms with E-state index in [1.807, 2.05) is 0 Å². The molecule has 37 heavy (non-hydrogen) atoms. The van der Waals surface area contributed by atoms with E-state index in [2.05, 4.69) is 4.74 Å². The zero-order valence-electron chi connectivity index (χ0n) is 18.9. The second-order valence-corrected chi connectivity index (χ2v) is 7.89. The first-order chi connectivity index (χ1) is 17.4. The van der Waals surface area contributed by atoms with Crippen LogP contribution in [0.5, 0.6) is 5.75 Å². The second-order valence-electron chi connectivity index (χ2n) is 7.89. The van der Waals surface area contributed by atoms with Crippen LogP contribution >= 0.6 is 0 Å². The highest BCUT2D eigenvalue weighted by Gasteiger charge is 2.33. The first-order valence-corrected chi connectivity index (χ1v) is 10.6. The smallest absolute Gasteiger partial charge is 0.449 e. The number of benzene rings is 2. The summed E-state index contributed by atoms with van der Waals surface area (Å²) in [5.41, 5.74) is -4.05. The molecule has 0 saturated carbocycles. The van der Waals surface area contributed by atoms with Crippen LogP contribution in [-0.2, 0) is 17.5 Å². The number of amides is 1. The Labute approximate surface area is 204 Å². The Morgan fingerprint density at radius 2 is 1.89 bits per heavy atom. The van der Waals surface area contributed by atoms with Gasteiger partial charge < -0.3 is 14.6 Å². The average molecular weight is 523 g/mol. The molecular formula is C23H17F4N3O7. The number of nitrogens with zero attached hydrogens (tertiary/aromatic N) is 3. The lowest BCUT2D eigenvalue weighted by molar-refractivity contribution is -0.138. The summed E-state index contributed by atoms with van der Waals surface area (Å²) in [5.74, 6) is -1.91. The fourth-order valence-corrected chi connectivity index (χ4v) is 3.87. The largest absolute Gasteiger partial charge is 0.511 e. The number of alkyl halides is 3. The minimum atomic E-state index is -4.70. The number of hydrogen-bond acceptors (Lipinski definition) is 6. The van der Waals surface area contributed by atoms with Crippen LogP contribution in [-0.4, -0.2) is 39.6 Å². The topological polar surface area (TPSA) is 120 Å². The number of cyclic esters (lactones) is 1. The minimum Gasteiger partial charge on any atom is -0.449 e. The van der Waals surface area contributed by atoms with E-state index in [-0.39, 0.29) is 30.0 Å². The molecular weight excluding hydrogens is 506 g/mol. The van der Waals surface area contributed by atoms with Crippen LogP contribution in [0.2, 0.25) is 0 Å². The van der Waals surface area contributed by atoms with E-state index in [0.29, 0.717) is 15.3 Å². The molecule has 1 N–H and O–H groups in total. The summed E-state index contributed by atoms with van der Waals surface area (Å²) in [6.45, 7) is 0.720. The quantitative estimate of drug-likeness (QED) is 0.401. The number of carbonyl (C=O) groups is 2. The Morgan fingerprint density at radius 1 is 1.16 bits per heavy atom. The Balaban J connectivity index is 1.86. The number of carbonyl (C=O) groups excluding carboxylic acids is 1. The Morgan fingerprint density at radius 3 is 2.49 bits per heavy atom. The van der Waals surface area contributed by atoms with Gasteiger partial charge in [-0.25, -0.2) is 18.8 Å². The first kappa shape index (κ1) is 25.5. The van der Waals surface area contributed by atoms with Crippen molar-refractivity contribution < 1.29 is 41.7 Å². The maximum absolute atomic E-state index is 15.1. The highest BCUT2D eigenvalue weighted by molar-refractivity contribution is 5.89. The zero-order chi connectivity index (χ0) is 27.1. The van der Waals surface area contributed by atoms with Crippen LogP contribution in [0.15, 0.2) is 52.2 Å². The summed E-state index contributed by atoms with van der Waals surface area (Å²) in [6.07, 6.45) is -6.65. The maximum Gasteiger partial charge on any atom is 0.511 e. The third-order valence-corrected chi connectivity index (χ3v) is 5.68. The fraction of sp³-hybridized carbons (Fsp3) is 0.217. The molecule has 0 aliphatic carbocycles. The lowest BCUT2D eigenvalue weighted by Gasteiger charge is -2.17. The van der Waals surface area contributed by atoms with Crippen molar-refractivity contribution >= 4 is 17.9 Å². The lowest BCUT2D eigenvalue weighted by atomic mass is 10.0. The molecule has 1 aliphatic rings. The van der Waals surface area contributed by atoms with Gasteiger partial charge in [0.2, 0.25) is 5.75 Å². The highest BCUT2D eigenvalue weighted by Crippen LogP contribution is 2.33. The number of rotatable bonds is 5. The number of aromatic nitrogens is 2. The lowest BCUT2D eigenvalue weighted by Crippen LogP contribution is -2.40. The molecule has 10 nitrogen and oxygen atoms in total. The molecule has 3 aromatic rings. The van der Waals surface area contributed by atoms with Crippen molar-refractivity contribution in [3.8, 4) is 11.4 Å². The molecule has 0 bridgehead atoms. The third-order valence-electron chi connectivity index (χ3n) is 5.68. The Hall–Kier alpha value is -4.62. The summed E-state index contributed by atoms with van der Waals surface area (Å²) in [6, 6.07) is 6.51. The van der Waals surface area contributed by atoms with Crippen molar-refractivity contribution in [3.63, 3.8) is 0 Å². The van der Waals surface area contributed by atoms with Crippen molar-refractivity contribution in [2.45, 2.75) is 19.6 Å². The van der Waals surface area contributed by atoms with E-state index in [0.717, 1.165) is 36.1 Å². The van der Waals surface area contributed by atoms with Crippen LogP contribution in [0.25, 0.3) is 5.69 Å². The molecule has 1 saturated heterocycles. The predicted octanol–water partition coefficient (Wildman–Crippen LogP) is 3.53. The van der Waals surface area contributed by atoms with E-state index in [9.17, 15) is 32.3 Å². The molecule has 1 aromatic heterocycles. The normalized spacial score (nSPS) is 13.5. The van der Waals surface area contributed by atoms with Crippen molar-refractivity contribution in [1.29, 1.82) is 0 Å². The van der Waals surface area contributed by atoms with Crippen LogP contribution in [0.3, 0.4) is 0 Å². The van der Waals surface area contributed by atoms with Gasteiger partial charge in [-0.2, -0.15) is 13.2 Å². The van der Waals surface area contributed by atoms with Crippen molar-refractivity contribution in [1.82, 2.24) is 9.13 Å². The maximum atomic E-state index is 15.1. The van der Waals surface area contributed by atoms with E-state index in [1.54, 1.807) is 0 Å². The number of hydrogen-bond donors (Lipinski definition) is 1. The SMILES string of the molecule is Cc1c(Cn2c(=O)c(OC(=O)O)cn(-c3ccc(N4CCOC4=O)cc3F)c2=O)cccc1C(F)(F)F. The van der Waals surface area contributed by atoms with E-state index >= 15 is 4.39 Å². The second kappa shape index (κ2) is 9.44. The molecule has 4 rings (SSSR count). The van der Waals surface area contributed by atoms with Crippen LogP contribution in [0, 0.1) is 12.7 Å². The minimum absolute atomic E-state index is 0.0589. The van der Waals surface area contributed by atoms with Gasteiger partial charge >= 0.3 is 24.1 Å². The number of carboxylic acid groups (broad SMARTS) is 1. The first-order valence-electron chi connectivity index (χ1n) is 10.6. The van der Waals surface area contributed by atoms with Crippen LogP contribution in [0.1, 0.15) is 16.7 Å². The van der Waals surface area contributed by atoms with Crippen molar-refractivity contribution in [2.75, 3.05) is 18.1 Å². The Kier molecular flexibility index (Phi) is 6.50. The van der Waals surface area contributed by atoms with E-state index in [1.165, 1.54) is 12.1 Å². The monoisotopic (exact) mass is 523 g/mol. The summed E-state index contributed by atoms with van der Waals surface area (Å²) in [7, 11) is 0. The standard InChI is InChI=1S/C23H17F4N3O7/c1-12-13(3-2-4-15(12)23(25,26)27)10-30-19(31)18(37-22(34)35)11-29(20(30)32)17-6-5-14(9-16(17)24)28-7-8-36-21(28)33/h2-6,9,11H,7-8,10H2,1H3,(H,34,35). The number of halogens is 4. The molecule has 0 atom stereocenters. The predicted molar refractivity (Wildman–Crippen MR) is 119 cm³/mol. The third kappa shape index (κ3) is 4.90. The van der Waals surface area contributed by atoms with Gasteiger partial charge in [-0.05, 0) is 42.3 Å². The van der Waals surface area contributed by atoms with Gasteiger partial charge in [0, 0.05) is 0 Å². The molecule has 14 heteroatoms. The molecule has 1 fully saturated rings. The van der Waals surface area contributed by atoms with Gasteiger partial charge in [0.25, 0.3) is 5.56 Å². The summed E-state index contributed by atoms with van der Waals surface area (Å²) in [5, 5.41) is 9.00. The molecule has 0 radical (unpaired) electrons. The molecule has 194 valence electrons. The van der Waals surface area contributed by atoms with Crippen LogP contribution < -0.4 is 20.9 Å². The summed E-state index contributed by atoms with van der Waals surface area (Å²) < 4.78 is 65.4. The molecule has 1 amide bonds. The molecule has 0 unspecified atom stereocenters. The van der Waals surface area contributed by atoms with Crippen molar-refractivity contribution in [3.05, 3.63) is 85.9 Å². The average Bonchev–Trinajstić information content (AvgIpc) is 3.24. The molecule has 0 spiro atoms. The van der Waals surface area contributed by atoms with Gasteiger partial charge in [0.05, 0.1) is 36.2 Å². The molecule has 1 aliphatic heterocycles. The van der Waals surface area contributed by atoms with E-state index < -0.39 is 59.0 Å².